The van der Waals surface area contributed by atoms with Gasteiger partial charge in [-0.05, 0) is 30.5 Å². The molecule has 0 radical (unpaired) electrons. The summed E-state index contributed by atoms with van der Waals surface area (Å²) in [4.78, 5) is 19.2. The van der Waals surface area contributed by atoms with Crippen LogP contribution < -0.4 is 5.32 Å². The van der Waals surface area contributed by atoms with E-state index in [9.17, 15) is 26.7 Å². The van der Waals surface area contributed by atoms with Crippen molar-refractivity contribution >= 4 is 17.5 Å². The molecule has 1 fully saturated rings. The molecule has 1 saturated carbocycles. The van der Waals surface area contributed by atoms with Gasteiger partial charge in [0.05, 0.1) is 10.6 Å². The summed E-state index contributed by atoms with van der Waals surface area (Å²) in [6.07, 6.45) is -3.66. The van der Waals surface area contributed by atoms with Gasteiger partial charge in [-0.2, -0.15) is 13.2 Å². The highest BCUT2D eigenvalue weighted by Crippen LogP contribution is 2.45. The number of carbonyl (C=O) groups excluding carboxylic acids is 1. The number of aromatic nitrogens is 2. The third-order valence-corrected chi connectivity index (χ3v) is 5.49. The maximum Gasteiger partial charge on any atom is 0.451 e. The maximum absolute atomic E-state index is 13.7. The third kappa shape index (κ3) is 4.83. The van der Waals surface area contributed by atoms with E-state index in [4.69, 9.17) is 11.6 Å². The Morgan fingerprint density at radius 1 is 1.07 bits per heavy atom. The van der Waals surface area contributed by atoms with Gasteiger partial charge in [-0.3, -0.25) is 4.79 Å². The molecule has 0 aliphatic heterocycles. The van der Waals surface area contributed by atoms with E-state index in [0.717, 1.165) is 12.4 Å². The molecule has 1 N–H and O–H groups in total. The number of hydrogen-bond acceptors (Lipinski definition) is 3. The van der Waals surface area contributed by atoms with E-state index in [1.54, 1.807) is 12.1 Å². The maximum atomic E-state index is 13.7. The minimum Gasteiger partial charge on any atom is -0.351 e. The molecule has 0 atom stereocenters. The summed E-state index contributed by atoms with van der Waals surface area (Å²) in [5.74, 6) is -4.67. The van der Waals surface area contributed by atoms with Gasteiger partial charge in [-0.25, -0.2) is 18.7 Å². The first-order valence-corrected chi connectivity index (χ1v) is 9.21. The van der Waals surface area contributed by atoms with Crippen LogP contribution in [0, 0.1) is 0 Å². The average molecular weight is 434 g/mol. The molecule has 2 aromatic rings. The zero-order chi connectivity index (χ0) is 21.3. The number of alkyl halides is 5. The molecule has 10 heteroatoms. The largest absolute Gasteiger partial charge is 0.451 e. The van der Waals surface area contributed by atoms with Crippen LogP contribution in [0.5, 0.6) is 0 Å². The number of halogens is 6. The first kappa shape index (κ1) is 21.4. The van der Waals surface area contributed by atoms with Gasteiger partial charge in [0.2, 0.25) is 11.7 Å². The highest BCUT2D eigenvalue weighted by Gasteiger charge is 2.45. The highest BCUT2D eigenvalue weighted by atomic mass is 35.5. The van der Waals surface area contributed by atoms with Crippen LogP contribution in [0.25, 0.3) is 0 Å². The number of rotatable bonds is 4. The fourth-order valence-corrected chi connectivity index (χ4v) is 3.62. The summed E-state index contributed by atoms with van der Waals surface area (Å²) in [6.45, 7) is -0.0537. The van der Waals surface area contributed by atoms with Crippen LogP contribution in [0.15, 0.2) is 36.7 Å². The summed E-state index contributed by atoms with van der Waals surface area (Å²) in [7, 11) is 0. The minimum atomic E-state index is -4.70. The number of benzene rings is 1. The van der Waals surface area contributed by atoms with Crippen molar-refractivity contribution < 1.29 is 26.7 Å². The SMILES string of the molecule is O=C(NCC1(c2cnc(C(F)(F)F)nc2)CCC(F)(F)CC1)c1ccccc1Cl. The zero-order valence-corrected chi connectivity index (χ0v) is 15.8. The van der Waals surface area contributed by atoms with Gasteiger partial charge in [0, 0.05) is 37.2 Å². The molecule has 1 aromatic carbocycles. The number of hydrogen-bond donors (Lipinski definition) is 1. The molecule has 1 amide bonds. The van der Waals surface area contributed by atoms with Gasteiger partial charge in [0.1, 0.15) is 0 Å². The molecule has 1 aliphatic rings. The van der Waals surface area contributed by atoms with Gasteiger partial charge >= 0.3 is 6.18 Å². The Balaban J connectivity index is 1.85. The first-order valence-electron chi connectivity index (χ1n) is 8.83. The molecular weight excluding hydrogens is 417 g/mol. The van der Waals surface area contributed by atoms with Crippen molar-refractivity contribution in [3.05, 3.63) is 58.6 Å². The van der Waals surface area contributed by atoms with Gasteiger partial charge in [-0.1, -0.05) is 23.7 Å². The van der Waals surface area contributed by atoms with Crippen LogP contribution >= 0.6 is 11.6 Å². The van der Waals surface area contributed by atoms with Crippen LogP contribution in [0.2, 0.25) is 5.02 Å². The smallest absolute Gasteiger partial charge is 0.351 e. The van der Waals surface area contributed by atoms with E-state index < -0.39 is 42.1 Å². The normalized spacial score (nSPS) is 18.3. The number of nitrogens with zero attached hydrogens (tertiary/aromatic N) is 2. The second-order valence-electron chi connectivity index (χ2n) is 7.09. The number of nitrogens with one attached hydrogen (secondary N) is 1. The van der Waals surface area contributed by atoms with E-state index in [1.807, 2.05) is 0 Å². The Morgan fingerprint density at radius 3 is 2.21 bits per heavy atom. The summed E-state index contributed by atoms with van der Waals surface area (Å²) in [5.41, 5.74) is -0.502. The minimum absolute atomic E-state index is 0.0302. The molecule has 156 valence electrons. The van der Waals surface area contributed by atoms with Crippen molar-refractivity contribution in [2.45, 2.75) is 43.2 Å². The summed E-state index contributed by atoms with van der Waals surface area (Å²) >= 11 is 6.00. The quantitative estimate of drug-likeness (QED) is 0.688. The van der Waals surface area contributed by atoms with Crippen LogP contribution in [0.4, 0.5) is 22.0 Å². The van der Waals surface area contributed by atoms with Crippen LogP contribution in [0.1, 0.15) is 47.4 Å². The molecule has 0 saturated heterocycles. The first-order chi connectivity index (χ1) is 13.5. The fraction of sp³-hybridized carbons (Fsp3) is 0.421. The summed E-state index contributed by atoms with van der Waals surface area (Å²) < 4.78 is 65.7. The highest BCUT2D eigenvalue weighted by molar-refractivity contribution is 6.33. The van der Waals surface area contributed by atoms with E-state index in [1.165, 1.54) is 12.1 Å². The summed E-state index contributed by atoms with van der Waals surface area (Å²) in [5, 5.41) is 2.90. The van der Waals surface area contributed by atoms with E-state index in [2.05, 4.69) is 15.3 Å². The van der Waals surface area contributed by atoms with Gasteiger partial charge in [-0.15, -0.1) is 0 Å². The molecule has 1 heterocycles. The van der Waals surface area contributed by atoms with Gasteiger partial charge in [0.15, 0.2) is 0 Å². The van der Waals surface area contributed by atoms with E-state index >= 15 is 0 Å². The molecule has 4 nitrogen and oxygen atoms in total. The number of amides is 1. The molecule has 0 bridgehead atoms. The Bertz CT molecular complexity index is 876. The second kappa shape index (κ2) is 7.85. The van der Waals surface area contributed by atoms with Crippen molar-refractivity contribution in [2.75, 3.05) is 6.54 Å². The van der Waals surface area contributed by atoms with Crippen molar-refractivity contribution in [2.24, 2.45) is 0 Å². The van der Waals surface area contributed by atoms with Crippen molar-refractivity contribution in [3.63, 3.8) is 0 Å². The molecular formula is C19H17ClF5N3O. The number of carbonyl (C=O) groups is 1. The van der Waals surface area contributed by atoms with Crippen LogP contribution in [-0.2, 0) is 11.6 Å². The summed E-state index contributed by atoms with van der Waals surface area (Å²) in [6, 6.07) is 6.34. The predicted molar refractivity (Wildman–Crippen MR) is 95.9 cm³/mol. The zero-order valence-electron chi connectivity index (χ0n) is 15.1. The fourth-order valence-electron chi connectivity index (χ4n) is 3.40. The van der Waals surface area contributed by atoms with Crippen molar-refractivity contribution in [1.82, 2.24) is 15.3 Å². The van der Waals surface area contributed by atoms with Gasteiger partial charge in [0.25, 0.3) is 5.91 Å². The monoisotopic (exact) mass is 433 g/mol. The molecule has 0 unspecified atom stereocenters. The lowest BCUT2D eigenvalue weighted by atomic mass is 9.69. The standard InChI is InChI=1S/C19H17ClF5N3O/c20-14-4-2-1-3-13(14)15(29)28-11-17(5-7-18(21,22)8-6-17)12-9-26-16(27-10-12)19(23,24)25/h1-4,9-10H,5-8,11H2,(H,28,29). The topological polar surface area (TPSA) is 54.9 Å². The molecule has 29 heavy (non-hydrogen) atoms. The lowest BCUT2D eigenvalue weighted by molar-refractivity contribution is -0.145. The lowest BCUT2D eigenvalue weighted by Crippen LogP contribution is -2.45. The molecule has 3 rings (SSSR count). The molecule has 1 aliphatic carbocycles. The predicted octanol–water partition coefficient (Wildman–Crippen LogP) is 5.03. The Labute approximate surface area is 168 Å². The Morgan fingerprint density at radius 2 is 1.66 bits per heavy atom. The Kier molecular flexibility index (Phi) is 5.80. The lowest BCUT2D eigenvalue weighted by Gasteiger charge is -2.40. The third-order valence-electron chi connectivity index (χ3n) is 5.16. The average Bonchev–Trinajstić information content (AvgIpc) is 2.67. The van der Waals surface area contributed by atoms with Crippen molar-refractivity contribution in [3.8, 4) is 0 Å². The van der Waals surface area contributed by atoms with Crippen LogP contribution in [0.3, 0.4) is 0 Å². The molecule has 0 spiro atoms. The van der Waals surface area contributed by atoms with E-state index in [0.29, 0.717) is 0 Å². The van der Waals surface area contributed by atoms with Crippen molar-refractivity contribution in [1.29, 1.82) is 0 Å². The van der Waals surface area contributed by atoms with E-state index in [-0.39, 0.29) is 35.5 Å². The second-order valence-corrected chi connectivity index (χ2v) is 7.50. The molecule has 1 aromatic heterocycles. The van der Waals surface area contributed by atoms with Crippen LogP contribution in [-0.4, -0.2) is 28.3 Å². The Hall–Kier alpha value is -2.29. The van der Waals surface area contributed by atoms with Gasteiger partial charge < -0.3 is 5.32 Å².